The maximum atomic E-state index is 13.4. The van der Waals surface area contributed by atoms with Gasteiger partial charge in [0.25, 0.3) is 0 Å². The van der Waals surface area contributed by atoms with Crippen LogP contribution in [0.25, 0.3) is 10.9 Å². The summed E-state index contributed by atoms with van der Waals surface area (Å²) >= 11 is 0. The first-order valence-electron chi connectivity index (χ1n) is 6.51. The van der Waals surface area contributed by atoms with Gasteiger partial charge in [-0.1, -0.05) is 19.3 Å². The SMILES string of the molecule is O=C(O)C1(c2[nH]nc3ccc(F)cc23)CCCCC1. The summed E-state index contributed by atoms with van der Waals surface area (Å²) in [6, 6.07) is 4.28. The molecule has 2 N–H and O–H groups in total. The van der Waals surface area contributed by atoms with E-state index in [0.29, 0.717) is 29.4 Å². The van der Waals surface area contributed by atoms with Crippen LogP contribution in [0.1, 0.15) is 37.8 Å². The summed E-state index contributed by atoms with van der Waals surface area (Å²) in [5.41, 5.74) is 0.220. The molecule has 2 aromatic rings. The van der Waals surface area contributed by atoms with Crippen LogP contribution in [0.4, 0.5) is 4.39 Å². The van der Waals surface area contributed by atoms with E-state index >= 15 is 0 Å². The minimum absolute atomic E-state index is 0.369. The first-order valence-corrected chi connectivity index (χ1v) is 6.51. The zero-order valence-corrected chi connectivity index (χ0v) is 10.4. The zero-order valence-electron chi connectivity index (χ0n) is 10.4. The summed E-state index contributed by atoms with van der Waals surface area (Å²) in [5, 5.41) is 17.2. The zero-order chi connectivity index (χ0) is 13.5. The van der Waals surface area contributed by atoms with Gasteiger partial charge in [0.05, 0.1) is 11.2 Å². The van der Waals surface area contributed by atoms with Crippen LogP contribution in [0.3, 0.4) is 0 Å². The Hall–Kier alpha value is -1.91. The highest BCUT2D eigenvalue weighted by Gasteiger charge is 2.43. The first-order chi connectivity index (χ1) is 9.13. The van der Waals surface area contributed by atoms with Crippen LogP contribution in [-0.4, -0.2) is 21.3 Å². The number of benzene rings is 1. The monoisotopic (exact) mass is 262 g/mol. The van der Waals surface area contributed by atoms with E-state index < -0.39 is 11.4 Å². The number of nitrogens with one attached hydrogen (secondary N) is 1. The van der Waals surface area contributed by atoms with Gasteiger partial charge in [-0.25, -0.2) is 4.39 Å². The van der Waals surface area contributed by atoms with Crippen LogP contribution < -0.4 is 0 Å². The summed E-state index contributed by atoms with van der Waals surface area (Å²) in [4.78, 5) is 11.8. The standard InChI is InChI=1S/C14H15FN2O2/c15-9-4-5-11-10(8-9)12(17-16-11)14(13(18)19)6-2-1-3-7-14/h4-5,8H,1-3,6-7H2,(H,16,17)(H,18,19). The van der Waals surface area contributed by atoms with E-state index in [1.807, 2.05) is 0 Å². The number of halogens is 1. The van der Waals surface area contributed by atoms with Gasteiger partial charge >= 0.3 is 5.97 Å². The molecule has 0 aliphatic heterocycles. The Morgan fingerprint density at radius 3 is 2.74 bits per heavy atom. The number of hydrogen-bond acceptors (Lipinski definition) is 2. The van der Waals surface area contributed by atoms with Crippen molar-refractivity contribution in [3.8, 4) is 0 Å². The third-order valence-electron chi connectivity index (χ3n) is 4.11. The molecular weight excluding hydrogens is 247 g/mol. The fourth-order valence-corrected chi connectivity index (χ4v) is 3.07. The highest BCUT2D eigenvalue weighted by atomic mass is 19.1. The molecule has 0 spiro atoms. The molecule has 100 valence electrons. The molecule has 0 bridgehead atoms. The van der Waals surface area contributed by atoms with Crippen molar-refractivity contribution < 1.29 is 14.3 Å². The van der Waals surface area contributed by atoms with Crippen LogP contribution in [0, 0.1) is 5.82 Å². The second kappa shape index (κ2) is 4.33. The Bertz CT molecular complexity index is 629. The van der Waals surface area contributed by atoms with Gasteiger partial charge in [-0.3, -0.25) is 9.89 Å². The van der Waals surface area contributed by atoms with Crippen LogP contribution in [0.2, 0.25) is 0 Å². The second-order valence-corrected chi connectivity index (χ2v) is 5.21. The van der Waals surface area contributed by atoms with Crippen molar-refractivity contribution >= 4 is 16.9 Å². The molecule has 1 aromatic heterocycles. The van der Waals surface area contributed by atoms with Gasteiger partial charge in [0.15, 0.2) is 0 Å². The van der Waals surface area contributed by atoms with Crippen LogP contribution >= 0.6 is 0 Å². The molecule has 3 rings (SSSR count). The number of hydrogen-bond donors (Lipinski definition) is 2. The summed E-state index contributed by atoms with van der Waals surface area (Å²) < 4.78 is 13.4. The Balaban J connectivity index is 2.20. The third-order valence-corrected chi connectivity index (χ3v) is 4.11. The Morgan fingerprint density at radius 2 is 2.05 bits per heavy atom. The number of H-pyrrole nitrogens is 1. The average molecular weight is 262 g/mol. The molecule has 0 radical (unpaired) electrons. The van der Waals surface area contributed by atoms with E-state index in [9.17, 15) is 14.3 Å². The van der Waals surface area contributed by atoms with E-state index in [2.05, 4.69) is 10.2 Å². The maximum Gasteiger partial charge on any atom is 0.315 e. The van der Waals surface area contributed by atoms with Gasteiger partial charge in [0.2, 0.25) is 0 Å². The molecule has 1 aromatic carbocycles. The van der Waals surface area contributed by atoms with Gasteiger partial charge in [-0.15, -0.1) is 0 Å². The van der Waals surface area contributed by atoms with E-state index in [1.165, 1.54) is 12.1 Å². The molecule has 1 fully saturated rings. The number of rotatable bonds is 2. The number of carboxylic acids is 1. The van der Waals surface area contributed by atoms with E-state index in [1.54, 1.807) is 6.07 Å². The predicted molar refractivity (Wildman–Crippen MR) is 68.5 cm³/mol. The summed E-state index contributed by atoms with van der Waals surface area (Å²) in [7, 11) is 0. The first kappa shape index (κ1) is 12.1. The lowest BCUT2D eigenvalue weighted by atomic mass is 9.71. The molecule has 4 nitrogen and oxygen atoms in total. The van der Waals surface area contributed by atoms with Gasteiger partial charge in [0.1, 0.15) is 11.2 Å². The number of aromatic amines is 1. The third kappa shape index (κ3) is 1.80. The van der Waals surface area contributed by atoms with E-state index in [0.717, 1.165) is 19.3 Å². The van der Waals surface area contributed by atoms with Gasteiger partial charge < -0.3 is 5.11 Å². The number of carboxylic acid groups (broad SMARTS) is 1. The minimum atomic E-state index is -0.944. The number of nitrogens with zero attached hydrogens (tertiary/aromatic N) is 1. The predicted octanol–water partition coefficient (Wildman–Crippen LogP) is 2.99. The molecule has 0 atom stereocenters. The summed E-state index contributed by atoms with van der Waals surface area (Å²) in [6.07, 6.45) is 3.96. The molecule has 19 heavy (non-hydrogen) atoms. The smallest absolute Gasteiger partial charge is 0.315 e. The fraction of sp³-hybridized carbons (Fsp3) is 0.429. The quantitative estimate of drug-likeness (QED) is 0.874. The molecule has 5 heteroatoms. The van der Waals surface area contributed by atoms with Crippen molar-refractivity contribution in [1.82, 2.24) is 10.2 Å². The fourth-order valence-electron chi connectivity index (χ4n) is 3.07. The maximum absolute atomic E-state index is 13.4. The molecule has 1 saturated carbocycles. The lowest BCUT2D eigenvalue weighted by Gasteiger charge is -2.32. The van der Waals surface area contributed by atoms with Crippen LogP contribution in [0.5, 0.6) is 0 Å². The number of fused-ring (bicyclic) bond motifs is 1. The normalized spacial score (nSPS) is 18.6. The molecular formula is C14H15FN2O2. The summed E-state index contributed by atoms with van der Waals surface area (Å²) in [5.74, 6) is -1.21. The van der Waals surface area contributed by atoms with Crippen molar-refractivity contribution in [3.63, 3.8) is 0 Å². The van der Waals surface area contributed by atoms with E-state index in [4.69, 9.17) is 0 Å². The number of aliphatic carboxylic acids is 1. The van der Waals surface area contributed by atoms with Crippen molar-refractivity contribution in [1.29, 1.82) is 0 Å². The van der Waals surface area contributed by atoms with Gasteiger partial charge in [-0.2, -0.15) is 5.10 Å². The molecule has 1 aliphatic rings. The van der Waals surface area contributed by atoms with Crippen molar-refractivity contribution in [2.24, 2.45) is 0 Å². The Morgan fingerprint density at radius 1 is 1.32 bits per heavy atom. The van der Waals surface area contributed by atoms with Gasteiger partial charge in [0, 0.05) is 5.39 Å². The molecule has 0 saturated heterocycles. The minimum Gasteiger partial charge on any atom is -0.481 e. The molecule has 0 unspecified atom stereocenters. The lowest BCUT2D eigenvalue weighted by molar-refractivity contribution is -0.145. The van der Waals surface area contributed by atoms with Crippen molar-refractivity contribution in [2.45, 2.75) is 37.5 Å². The van der Waals surface area contributed by atoms with Gasteiger partial charge in [-0.05, 0) is 31.0 Å². The van der Waals surface area contributed by atoms with Crippen LogP contribution in [0.15, 0.2) is 18.2 Å². The number of carbonyl (C=O) groups is 1. The molecule has 1 aliphatic carbocycles. The Labute approximate surface area is 109 Å². The lowest BCUT2D eigenvalue weighted by Crippen LogP contribution is -2.38. The second-order valence-electron chi connectivity index (χ2n) is 5.21. The Kier molecular flexibility index (Phi) is 2.77. The van der Waals surface area contributed by atoms with Crippen LogP contribution in [-0.2, 0) is 10.2 Å². The average Bonchev–Trinajstić information content (AvgIpc) is 2.82. The summed E-state index contributed by atoms with van der Waals surface area (Å²) in [6.45, 7) is 0. The molecule has 0 amide bonds. The van der Waals surface area contributed by atoms with Crippen molar-refractivity contribution in [3.05, 3.63) is 29.7 Å². The topological polar surface area (TPSA) is 66.0 Å². The van der Waals surface area contributed by atoms with E-state index in [-0.39, 0.29) is 5.82 Å². The highest BCUT2D eigenvalue weighted by molar-refractivity contribution is 5.90. The highest BCUT2D eigenvalue weighted by Crippen LogP contribution is 2.41. The number of aromatic nitrogens is 2. The molecule has 1 heterocycles. The largest absolute Gasteiger partial charge is 0.481 e. The van der Waals surface area contributed by atoms with Crippen molar-refractivity contribution in [2.75, 3.05) is 0 Å².